The first-order chi connectivity index (χ1) is 9.01. The molecule has 0 saturated heterocycles. The van der Waals surface area contributed by atoms with E-state index in [9.17, 15) is 8.42 Å². The van der Waals surface area contributed by atoms with Crippen LogP contribution in [0.4, 0.5) is 0 Å². The Labute approximate surface area is 117 Å². The summed E-state index contributed by atoms with van der Waals surface area (Å²) in [6, 6.07) is 9.60. The molecule has 2 rings (SSSR count). The summed E-state index contributed by atoms with van der Waals surface area (Å²) < 4.78 is 24.5. The van der Waals surface area contributed by atoms with Crippen LogP contribution >= 0.6 is 11.6 Å². The molecule has 1 aromatic carbocycles. The van der Waals surface area contributed by atoms with Crippen LogP contribution in [0.1, 0.15) is 11.3 Å². The van der Waals surface area contributed by atoms with E-state index in [1.54, 1.807) is 30.5 Å². The van der Waals surface area contributed by atoms with Crippen LogP contribution in [0, 0.1) is 0 Å². The molecule has 0 atom stereocenters. The largest absolute Gasteiger partial charge is 0.325 e. The standard InChI is InChI=1S/C13H13ClN2O2S/c14-11-2-1-3-13(7-11)19(17,18)9-10-4-5-16-12(6-10)8-15/h1-7H,8-9,15H2. The number of rotatable bonds is 4. The number of aromatic nitrogens is 1. The number of hydrogen-bond acceptors (Lipinski definition) is 4. The highest BCUT2D eigenvalue weighted by Crippen LogP contribution is 2.20. The van der Waals surface area contributed by atoms with Crippen molar-refractivity contribution in [1.82, 2.24) is 4.98 Å². The summed E-state index contributed by atoms with van der Waals surface area (Å²) in [4.78, 5) is 4.25. The zero-order chi connectivity index (χ0) is 13.9. The fourth-order valence-electron chi connectivity index (χ4n) is 1.69. The van der Waals surface area contributed by atoms with Crippen LogP contribution in [0.3, 0.4) is 0 Å². The Bertz CT molecular complexity index is 687. The summed E-state index contributed by atoms with van der Waals surface area (Å²) in [6.07, 6.45) is 1.56. The minimum atomic E-state index is -3.41. The van der Waals surface area contributed by atoms with Gasteiger partial charge in [-0.3, -0.25) is 4.98 Å². The third-order valence-electron chi connectivity index (χ3n) is 2.60. The van der Waals surface area contributed by atoms with Crippen molar-refractivity contribution in [3.63, 3.8) is 0 Å². The average Bonchev–Trinajstić information content (AvgIpc) is 2.38. The van der Waals surface area contributed by atoms with Crippen molar-refractivity contribution in [2.45, 2.75) is 17.2 Å². The van der Waals surface area contributed by atoms with Gasteiger partial charge in [0.2, 0.25) is 0 Å². The highest BCUT2D eigenvalue weighted by Gasteiger charge is 2.15. The number of nitrogens with zero attached hydrogens (tertiary/aromatic N) is 1. The summed E-state index contributed by atoms with van der Waals surface area (Å²) >= 11 is 5.81. The van der Waals surface area contributed by atoms with E-state index in [1.807, 2.05) is 0 Å². The Morgan fingerprint density at radius 1 is 1.21 bits per heavy atom. The van der Waals surface area contributed by atoms with Crippen molar-refractivity contribution in [1.29, 1.82) is 0 Å². The van der Waals surface area contributed by atoms with Gasteiger partial charge < -0.3 is 5.73 Å². The maximum Gasteiger partial charge on any atom is 0.182 e. The van der Waals surface area contributed by atoms with E-state index in [1.165, 1.54) is 12.1 Å². The molecule has 1 heterocycles. The third kappa shape index (κ3) is 3.53. The van der Waals surface area contributed by atoms with Crippen molar-refractivity contribution in [3.05, 3.63) is 58.9 Å². The fraction of sp³-hybridized carbons (Fsp3) is 0.154. The first kappa shape index (κ1) is 14.0. The molecule has 0 bridgehead atoms. The van der Waals surface area contributed by atoms with Crippen molar-refractivity contribution >= 4 is 21.4 Å². The lowest BCUT2D eigenvalue weighted by Gasteiger charge is -2.06. The predicted octanol–water partition coefficient (Wildman–Crippen LogP) is 2.17. The quantitative estimate of drug-likeness (QED) is 0.938. The molecule has 0 aliphatic heterocycles. The lowest BCUT2D eigenvalue weighted by molar-refractivity contribution is 0.595. The topological polar surface area (TPSA) is 73.1 Å². The van der Waals surface area contributed by atoms with E-state index in [2.05, 4.69) is 4.98 Å². The SMILES string of the molecule is NCc1cc(CS(=O)(=O)c2cccc(Cl)c2)ccn1. The fourth-order valence-corrected chi connectivity index (χ4v) is 3.33. The summed E-state index contributed by atoms with van der Waals surface area (Å²) in [7, 11) is -3.41. The molecule has 0 amide bonds. The van der Waals surface area contributed by atoms with Gasteiger partial charge in [0.05, 0.1) is 16.3 Å². The Morgan fingerprint density at radius 3 is 2.68 bits per heavy atom. The lowest BCUT2D eigenvalue weighted by Crippen LogP contribution is -2.06. The van der Waals surface area contributed by atoms with E-state index in [-0.39, 0.29) is 17.2 Å². The van der Waals surface area contributed by atoms with Gasteiger partial charge in [-0.05, 0) is 35.9 Å². The number of pyridine rings is 1. The van der Waals surface area contributed by atoms with Crippen LogP contribution < -0.4 is 5.73 Å². The lowest BCUT2D eigenvalue weighted by atomic mass is 10.2. The number of hydrogen-bond donors (Lipinski definition) is 1. The molecule has 0 spiro atoms. The second kappa shape index (κ2) is 5.69. The third-order valence-corrected chi connectivity index (χ3v) is 4.52. The van der Waals surface area contributed by atoms with E-state index < -0.39 is 9.84 Å². The summed E-state index contributed by atoms with van der Waals surface area (Å²) in [6.45, 7) is 0.283. The van der Waals surface area contributed by atoms with Gasteiger partial charge in [0.1, 0.15) is 0 Å². The molecule has 100 valence electrons. The summed E-state index contributed by atoms with van der Waals surface area (Å²) in [5, 5.41) is 0.401. The number of halogens is 1. The van der Waals surface area contributed by atoms with E-state index in [4.69, 9.17) is 17.3 Å². The molecule has 0 fully saturated rings. The van der Waals surface area contributed by atoms with E-state index >= 15 is 0 Å². The van der Waals surface area contributed by atoms with Gasteiger partial charge in [0.25, 0.3) is 0 Å². The van der Waals surface area contributed by atoms with Gasteiger partial charge in [0, 0.05) is 17.8 Å². The molecule has 0 aliphatic rings. The molecule has 6 heteroatoms. The second-order valence-electron chi connectivity index (χ2n) is 4.08. The zero-order valence-electron chi connectivity index (χ0n) is 10.1. The highest BCUT2D eigenvalue weighted by molar-refractivity contribution is 7.90. The maximum absolute atomic E-state index is 12.2. The molecule has 0 aliphatic carbocycles. The smallest absolute Gasteiger partial charge is 0.182 e. The molecule has 19 heavy (non-hydrogen) atoms. The first-order valence-electron chi connectivity index (χ1n) is 5.63. The van der Waals surface area contributed by atoms with Crippen LogP contribution in [0.5, 0.6) is 0 Å². The van der Waals surface area contributed by atoms with Gasteiger partial charge in [-0.25, -0.2) is 8.42 Å². The van der Waals surface area contributed by atoms with Crippen LogP contribution in [0.25, 0.3) is 0 Å². The molecule has 4 nitrogen and oxygen atoms in total. The monoisotopic (exact) mass is 296 g/mol. The summed E-state index contributed by atoms with van der Waals surface area (Å²) in [5.74, 6) is -0.0944. The molecular formula is C13H13ClN2O2S. The van der Waals surface area contributed by atoms with Crippen molar-refractivity contribution in [2.24, 2.45) is 5.73 Å². The first-order valence-corrected chi connectivity index (χ1v) is 7.66. The van der Waals surface area contributed by atoms with Crippen LogP contribution in [-0.2, 0) is 22.1 Å². The van der Waals surface area contributed by atoms with Crippen LogP contribution in [0.2, 0.25) is 5.02 Å². The molecule has 2 aromatic rings. The second-order valence-corrected chi connectivity index (χ2v) is 6.50. The van der Waals surface area contributed by atoms with Crippen molar-refractivity contribution < 1.29 is 8.42 Å². The predicted molar refractivity (Wildman–Crippen MR) is 74.5 cm³/mol. The molecule has 0 radical (unpaired) electrons. The Kier molecular flexibility index (Phi) is 4.19. The molecule has 0 saturated carbocycles. The number of sulfone groups is 1. The Balaban J connectivity index is 2.31. The van der Waals surface area contributed by atoms with Gasteiger partial charge in [-0.2, -0.15) is 0 Å². The zero-order valence-corrected chi connectivity index (χ0v) is 11.7. The number of benzene rings is 1. The minimum absolute atomic E-state index is 0.0944. The number of nitrogens with two attached hydrogens (primary N) is 1. The Hall–Kier alpha value is -1.43. The van der Waals surface area contributed by atoms with Gasteiger partial charge in [-0.15, -0.1) is 0 Å². The van der Waals surface area contributed by atoms with Crippen LogP contribution in [-0.4, -0.2) is 13.4 Å². The van der Waals surface area contributed by atoms with E-state index in [0.29, 0.717) is 16.3 Å². The van der Waals surface area contributed by atoms with Gasteiger partial charge in [-0.1, -0.05) is 17.7 Å². The van der Waals surface area contributed by atoms with Gasteiger partial charge in [0.15, 0.2) is 9.84 Å². The summed E-state index contributed by atoms with van der Waals surface area (Å²) in [5.41, 5.74) is 6.81. The molecular weight excluding hydrogens is 284 g/mol. The maximum atomic E-state index is 12.2. The van der Waals surface area contributed by atoms with Crippen molar-refractivity contribution in [2.75, 3.05) is 0 Å². The normalized spacial score (nSPS) is 11.5. The molecule has 1 aromatic heterocycles. The molecule has 2 N–H and O–H groups in total. The Morgan fingerprint density at radius 2 is 2.00 bits per heavy atom. The van der Waals surface area contributed by atoms with Crippen molar-refractivity contribution in [3.8, 4) is 0 Å². The highest BCUT2D eigenvalue weighted by atomic mass is 35.5. The minimum Gasteiger partial charge on any atom is -0.325 e. The van der Waals surface area contributed by atoms with E-state index in [0.717, 1.165) is 0 Å². The van der Waals surface area contributed by atoms with Gasteiger partial charge >= 0.3 is 0 Å². The average molecular weight is 297 g/mol. The van der Waals surface area contributed by atoms with Crippen LogP contribution in [0.15, 0.2) is 47.5 Å². The molecule has 0 unspecified atom stereocenters.